The molecule has 36 heavy (non-hydrogen) atoms. The number of ether oxygens (including phenoxy) is 1. The predicted molar refractivity (Wildman–Crippen MR) is 140 cm³/mol. The van der Waals surface area contributed by atoms with Gasteiger partial charge in [-0.15, -0.1) is 0 Å². The second-order valence-electron chi connectivity index (χ2n) is 8.41. The van der Waals surface area contributed by atoms with E-state index in [-0.39, 0.29) is 28.7 Å². The van der Waals surface area contributed by atoms with E-state index in [2.05, 4.69) is 5.32 Å². The van der Waals surface area contributed by atoms with Gasteiger partial charge in [0, 0.05) is 19.2 Å². The molecule has 1 aliphatic heterocycles. The minimum atomic E-state index is -3.59. The van der Waals surface area contributed by atoms with Crippen LogP contribution in [0.25, 0.3) is 0 Å². The second kappa shape index (κ2) is 10.6. The fraction of sp³-hybridized carbons (Fsp3) is 0.231. The number of nitrogens with zero attached hydrogens (tertiary/aromatic N) is 2. The van der Waals surface area contributed by atoms with Crippen molar-refractivity contribution in [1.82, 2.24) is 5.32 Å². The van der Waals surface area contributed by atoms with E-state index < -0.39 is 22.0 Å². The fourth-order valence-corrected chi connectivity index (χ4v) is 4.68. The van der Waals surface area contributed by atoms with Crippen LogP contribution in [0.3, 0.4) is 0 Å². The van der Waals surface area contributed by atoms with Gasteiger partial charge in [0.15, 0.2) is 6.10 Å². The highest BCUT2D eigenvalue weighted by molar-refractivity contribution is 7.92. The number of benzene rings is 3. The maximum absolute atomic E-state index is 13.6. The molecular formula is C26H26ClN3O5S. The molecule has 2 amide bonds. The molecule has 0 aliphatic carbocycles. The van der Waals surface area contributed by atoms with Gasteiger partial charge in [-0.05, 0) is 42.3 Å². The Hall–Kier alpha value is -3.56. The lowest BCUT2D eigenvalue weighted by molar-refractivity contribution is -0.127. The molecule has 0 spiro atoms. The average molecular weight is 528 g/mol. The van der Waals surface area contributed by atoms with Crippen molar-refractivity contribution in [3.63, 3.8) is 0 Å². The van der Waals surface area contributed by atoms with Crippen LogP contribution in [-0.4, -0.2) is 52.7 Å². The Bertz CT molecular complexity index is 1380. The summed E-state index contributed by atoms with van der Waals surface area (Å²) in [5.41, 5.74) is 2.03. The normalized spacial score (nSPS) is 15.0. The van der Waals surface area contributed by atoms with Crippen LogP contribution < -0.4 is 19.3 Å². The summed E-state index contributed by atoms with van der Waals surface area (Å²) < 4.78 is 31.0. The zero-order valence-electron chi connectivity index (χ0n) is 19.8. The van der Waals surface area contributed by atoms with Gasteiger partial charge < -0.3 is 15.0 Å². The maximum Gasteiger partial charge on any atom is 0.262 e. The molecule has 0 saturated carbocycles. The molecule has 1 aliphatic rings. The Kier molecular flexibility index (Phi) is 7.51. The van der Waals surface area contributed by atoms with Crippen LogP contribution in [0.4, 0.5) is 11.4 Å². The third-order valence-corrected chi connectivity index (χ3v) is 7.41. The van der Waals surface area contributed by atoms with E-state index in [1.807, 2.05) is 30.3 Å². The van der Waals surface area contributed by atoms with Crippen molar-refractivity contribution in [2.45, 2.75) is 12.5 Å². The van der Waals surface area contributed by atoms with E-state index in [1.54, 1.807) is 24.3 Å². The van der Waals surface area contributed by atoms with Crippen LogP contribution in [0, 0.1) is 0 Å². The van der Waals surface area contributed by atoms with Crippen LogP contribution >= 0.6 is 11.6 Å². The Morgan fingerprint density at radius 3 is 2.50 bits per heavy atom. The molecule has 8 nitrogen and oxygen atoms in total. The van der Waals surface area contributed by atoms with E-state index in [1.165, 1.54) is 30.1 Å². The van der Waals surface area contributed by atoms with E-state index in [0.717, 1.165) is 16.1 Å². The highest BCUT2D eigenvalue weighted by atomic mass is 35.5. The summed E-state index contributed by atoms with van der Waals surface area (Å²) in [6, 6.07) is 21.2. The van der Waals surface area contributed by atoms with Gasteiger partial charge in [0.1, 0.15) is 5.75 Å². The van der Waals surface area contributed by atoms with Crippen molar-refractivity contribution in [3.8, 4) is 5.75 Å². The van der Waals surface area contributed by atoms with Crippen molar-refractivity contribution in [2.75, 3.05) is 35.6 Å². The Morgan fingerprint density at radius 1 is 1.08 bits per heavy atom. The summed E-state index contributed by atoms with van der Waals surface area (Å²) in [4.78, 5) is 28.0. The van der Waals surface area contributed by atoms with Gasteiger partial charge in [-0.3, -0.25) is 13.9 Å². The number of hydrogen-bond donors (Lipinski definition) is 1. The lowest BCUT2D eigenvalue weighted by Gasteiger charge is -2.34. The number of para-hydroxylation sites is 2. The average Bonchev–Trinajstić information content (AvgIpc) is 2.87. The van der Waals surface area contributed by atoms with Crippen LogP contribution in [0.2, 0.25) is 5.02 Å². The van der Waals surface area contributed by atoms with Gasteiger partial charge in [0.2, 0.25) is 10.0 Å². The van der Waals surface area contributed by atoms with Crippen molar-refractivity contribution in [1.29, 1.82) is 0 Å². The number of anilines is 2. The van der Waals surface area contributed by atoms with Crippen molar-refractivity contribution >= 4 is 44.8 Å². The van der Waals surface area contributed by atoms with Crippen LogP contribution in [0.1, 0.15) is 15.9 Å². The topological polar surface area (TPSA) is 96.0 Å². The zero-order valence-corrected chi connectivity index (χ0v) is 21.4. The van der Waals surface area contributed by atoms with Crippen LogP contribution in [-0.2, 0) is 21.2 Å². The number of hydrogen-bond acceptors (Lipinski definition) is 5. The molecule has 4 rings (SSSR count). The number of fused-ring (bicyclic) bond motifs is 1. The third-order valence-electron chi connectivity index (χ3n) is 5.90. The summed E-state index contributed by atoms with van der Waals surface area (Å²) >= 11 is 6.22. The number of carbonyl (C=O) groups excluding carboxylic acids is 2. The molecule has 10 heteroatoms. The van der Waals surface area contributed by atoms with E-state index in [9.17, 15) is 18.0 Å². The first kappa shape index (κ1) is 25.5. The molecule has 1 N–H and O–H groups in total. The van der Waals surface area contributed by atoms with Crippen LogP contribution in [0.5, 0.6) is 5.75 Å². The van der Waals surface area contributed by atoms with Crippen molar-refractivity contribution in [2.24, 2.45) is 0 Å². The second-order valence-corrected chi connectivity index (χ2v) is 10.8. The summed E-state index contributed by atoms with van der Waals surface area (Å²) in [6.07, 6.45) is 0.807. The van der Waals surface area contributed by atoms with E-state index in [4.69, 9.17) is 16.3 Å². The molecule has 0 fully saturated rings. The zero-order chi connectivity index (χ0) is 25.9. The lowest BCUT2D eigenvalue weighted by atomic mass is 10.1. The van der Waals surface area contributed by atoms with Gasteiger partial charge in [0.05, 0.1) is 29.2 Å². The first-order valence-corrected chi connectivity index (χ1v) is 13.5. The Morgan fingerprint density at radius 2 is 1.78 bits per heavy atom. The van der Waals surface area contributed by atoms with Gasteiger partial charge in [0.25, 0.3) is 11.8 Å². The van der Waals surface area contributed by atoms with E-state index >= 15 is 0 Å². The van der Waals surface area contributed by atoms with Crippen molar-refractivity contribution < 1.29 is 22.7 Å². The lowest BCUT2D eigenvalue weighted by Crippen LogP contribution is -2.51. The summed E-state index contributed by atoms with van der Waals surface area (Å²) in [7, 11) is -2.23. The summed E-state index contributed by atoms with van der Waals surface area (Å²) in [6.45, 7) is 0.420. The van der Waals surface area contributed by atoms with E-state index in [0.29, 0.717) is 24.4 Å². The molecule has 3 aromatic carbocycles. The Balaban J connectivity index is 1.56. The molecule has 0 saturated heterocycles. The van der Waals surface area contributed by atoms with Gasteiger partial charge in [-0.25, -0.2) is 8.42 Å². The highest BCUT2D eigenvalue weighted by Gasteiger charge is 2.34. The molecule has 1 heterocycles. The third kappa shape index (κ3) is 5.63. The predicted octanol–water partition coefficient (Wildman–Crippen LogP) is 3.50. The highest BCUT2D eigenvalue weighted by Crippen LogP contribution is 2.35. The maximum atomic E-state index is 13.6. The largest absolute Gasteiger partial charge is 0.477 e. The number of sulfonamides is 1. The first-order chi connectivity index (χ1) is 17.1. The Labute approximate surface area is 215 Å². The quantitative estimate of drug-likeness (QED) is 0.507. The number of carbonyl (C=O) groups is 2. The molecule has 0 aromatic heterocycles. The van der Waals surface area contributed by atoms with Crippen LogP contribution in [0.15, 0.2) is 72.8 Å². The SMILES string of the molecule is CN(c1cc(C(=O)N2C[C@@H](C(=O)NCCc3ccccc3)Oc3ccccc32)ccc1Cl)S(C)(=O)=O. The molecule has 0 bridgehead atoms. The minimum Gasteiger partial charge on any atom is -0.477 e. The molecule has 1 atom stereocenters. The van der Waals surface area contributed by atoms with Crippen molar-refractivity contribution in [3.05, 3.63) is 88.9 Å². The number of rotatable bonds is 7. The first-order valence-electron chi connectivity index (χ1n) is 11.3. The molecular weight excluding hydrogens is 502 g/mol. The molecule has 188 valence electrons. The molecule has 0 unspecified atom stereocenters. The fourth-order valence-electron chi connectivity index (χ4n) is 3.87. The van der Waals surface area contributed by atoms with Gasteiger partial charge >= 0.3 is 0 Å². The monoisotopic (exact) mass is 527 g/mol. The number of nitrogens with one attached hydrogen (secondary N) is 1. The minimum absolute atomic E-state index is 0.00705. The summed E-state index contributed by atoms with van der Waals surface area (Å²) in [5.74, 6) is -0.331. The number of amides is 2. The molecule has 0 radical (unpaired) electrons. The summed E-state index contributed by atoms with van der Waals surface area (Å²) in [5, 5.41) is 3.08. The molecule has 3 aromatic rings. The standard InChI is InChI=1S/C26H26ClN3O5S/c1-29(36(2,33)34)22-16-19(12-13-20(22)27)26(32)30-17-24(35-23-11-7-6-10-21(23)30)25(31)28-15-14-18-8-4-3-5-9-18/h3-13,16,24H,14-15,17H2,1-2H3,(H,28,31)/t24-/m0/s1. The van der Waals surface area contributed by atoms with Gasteiger partial charge in [-0.1, -0.05) is 54.1 Å². The van der Waals surface area contributed by atoms with Gasteiger partial charge in [-0.2, -0.15) is 0 Å². The number of halogens is 1. The smallest absolute Gasteiger partial charge is 0.262 e.